The minimum atomic E-state index is 0.303. The predicted octanol–water partition coefficient (Wildman–Crippen LogP) is 2.26. The molecule has 1 aromatic heterocycles. The lowest BCUT2D eigenvalue weighted by Gasteiger charge is -2.14. The molecule has 15 heavy (non-hydrogen) atoms. The van der Waals surface area contributed by atoms with Crippen LogP contribution in [0.15, 0.2) is 0 Å². The number of nitrogens with two attached hydrogens (primary N) is 1. The third-order valence-electron chi connectivity index (χ3n) is 2.76. The number of aromatic nitrogens is 2. The average molecular weight is 206 g/mol. The Balaban J connectivity index is 3.21. The quantitative estimate of drug-likeness (QED) is 0.821. The molecule has 2 N–H and O–H groups in total. The molecular formula is C11H18N4. The van der Waals surface area contributed by atoms with Crippen LogP contribution in [0.3, 0.4) is 0 Å². The number of aryl methyl sites for hydroxylation is 1. The van der Waals surface area contributed by atoms with E-state index < -0.39 is 0 Å². The van der Waals surface area contributed by atoms with E-state index in [2.05, 4.69) is 25.0 Å². The van der Waals surface area contributed by atoms with Gasteiger partial charge >= 0.3 is 0 Å². The van der Waals surface area contributed by atoms with Gasteiger partial charge in [0.1, 0.15) is 17.5 Å². The van der Waals surface area contributed by atoms with Crippen LogP contribution >= 0.6 is 0 Å². The van der Waals surface area contributed by atoms with E-state index in [4.69, 9.17) is 11.0 Å². The summed E-state index contributed by atoms with van der Waals surface area (Å²) < 4.78 is 1.80. The van der Waals surface area contributed by atoms with Crippen molar-refractivity contribution in [2.24, 2.45) is 0 Å². The highest BCUT2D eigenvalue weighted by Gasteiger charge is 2.18. The fourth-order valence-electron chi connectivity index (χ4n) is 1.78. The van der Waals surface area contributed by atoms with Gasteiger partial charge in [0.2, 0.25) is 0 Å². The first-order chi connectivity index (χ1) is 7.19. The Hall–Kier alpha value is -1.50. The molecule has 0 aliphatic carbocycles. The summed E-state index contributed by atoms with van der Waals surface area (Å²) in [6, 6.07) is 2.43. The van der Waals surface area contributed by atoms with E-state index in [1.54, 1.807) is 4.68 Å². The minimum Gasteiger partial charge on any atom is -0.383 e. The Kier molecular flexibility index (Phi) is 3.73. The smallest absolute Gasteiger partial charge is 0.140 e. The number of hydrogen-bond acceptors (Lipinski definition) is 3. The minimum absolute atomic E-state index is 0.303. The maximum absolute atomic E-state index is 8.99. The summed E-state index contributed by atoms with van der Waals surface area (Å²) in [5.74, 6) is 0.517. The lowest BCUT2D eigenvalue weighted by atomic mass is 10.1. The van der Waals surface area contributed by atoms with Gasteiger partial charge in [-0.1, -0.05) is 20.8 Å². The van der Waals surface area contributed by atoms with Gasteiger partial charge in [0.05, 0.1) is 11.7 Å². The van der Waals surface area contributed by atoms with Gasteiger partial charge in [0.15, 0.2) is 0 Å². The summed E-state index contributed by atoms with van der Waals surface area (Å²) in [6.45, 7) is 6.19. The maximum Gasteiger partial charge on any atom is 0.140 e. The largest absolute Gasteiger partial charge is 0.383 e. The Morgan fingerprint density at radius 1 is 1.40 bits per heavy atom. The van der Waals surface area contributed by atoms with Crippen molar-refractivity contribution in [2.75, 3.05) is 5.73 Å². The lowest BCUT2D eigenvalue weighted by molar-refractivity contribution is 0.431. The van der Waals surface area contributed by atoms with Crippen LogP contribution in [0, 0.1) is 11.3 Å². The Morgan fingerprint density at radius 3 is 2.33 bits per heavy atom. The highest BCUT2D eigenvalue weighted by molar-refractivity contribution is 5.52. The lowest BCUT2D eigenvalue weighted by Crippen LogP contribution is -2.12. The Labute approximate surface area is 90.7 Å². The highest BCUT2D eigenvalue weighted by Crippen LogP contribution is 2.24. The standard InChI is InChI=1S/C11H18N4/c1-4-8(5-2)15-11(13)9(7-12)10(6-3)14-15/h8H,4-6,13H2,1-3H3. The Bertz CT molecular complexity index is 369. The molecule has 0 atom stereocenters. The van der Waals surface area contributed by atoms with Crippen LogP contribution in [-0.4, -0.2) is 9.78 Å². The van der Waals surface area contributed by atoms with Crippen molar-refractivity contribution >= 4 is 5.82 Å². The van der Waals surface area contributed by atoms with Gasteiger partial charge in [0.25, 0.3) is 0 Å². The van der Waals surface area contributed by atoms with Crippen LogP contribution in [-0.2, 0) is 6.42 Å². The molecule has 4 nitrogen and oxygen atoms in total. The number of rotatable bonds is 4. The van der Waals surface area contributed by atoms with Gasteiger partial charge in [-0.15, -0.1) is 0 Å². The van der Waals surface area contributed by atoms with Crippen molar-refractivity contribution in [2.45, 2.75) is 46.1 Å². The summed E-state index contributed by atoms with van der Waals surface area (Å²) in [4.78, 5) is 0. The second-order valence-corrected chi connectivity index (χ2v) is 3.59. The molecule has 0 unspecified atom stereocenters. The van der Waals surface area contributed by atoms with Gasteiger partial charge in [-0.25, -0.2) is 4.68 Å². The molecule has 0 radical (unpaired) electrons. The van der Waals surface area contributed by atoms with Crippen LogP contribution in [0.25, 0.3) is 0 Å². The topological polar surface area (TPSA) is 67.6 Å². The molecule has 1 aromatic rings. The zero-order valence-corrected chi connectivity index (χ0v) is 9.62. The number of hydrogen-bond donors (Lipinski definition) is 1. The van der Waals surface area contributed by atoms with Crippen molar-refractivity contribution in [3.05, 3.63) is 11.3 Å². The molecule has 0 aliphatic rings. The fourth-order valence-corrected chi connectivity index (χ4v) is 1.78. The third-order valence-corrected chi connectivity index (χ3v) is 2.76. The summed E-state index contributed by atoms with van der Waals surface area (Å²) >= 11 is 0. The number of anilines is 1. The van der Waals surface area contributed by atoms with Crippen molar-refractivity contribution in [1.29, 1.82) is 5.26 Å². The van der Waals surface area contributed by atoms with E-state index in [9.17, 15) is 0 Å². The molecule has 4 heteroatoms. The monoisotopic (exact) mass is 206 g/mol. The molecule has 0 bridgehead atoms. The molecule has 0 aromatic carbocycles. The van der Waals surface area contributed by atoms with E-state index in [-0.39, 0.29) is 0 Å². The number of nitrogens with zero attached hydrogens (tertiary/aromatic N) is 3. The van der Waals surface area contributed by atoms with Crippen LogP contribution in [0.2, 0.25) is 0 Å². The summed E-state index contributed by atoms with van der Waals surface area (Å²) in [6.07, 6.45) is 2.72. The van der Waals surface area contributed by atoms with E-state index in [1.807, 2.05) is 6.92 Å². The van der Waals surface area contributed by atoms with Gasteiger partial charge in [-0.2, -0.15) is 10.4 Å². The van der Waals surface area contributed by atoms with Crippen LogP contribution in [0.4, 0.5) is 5.82 Å². The zero-order valence-electron chi connectivity index (χ0n) is 9.62. The first-order valence-electron chi connectivity index (χ1n) is 5.46. The summed E-state index contributed by atoms with van der Waals surface area (Å²) in [5, 5.41) is 13.4. The molecule has 0 fully saturated rings. The SMILES string of the molecule is CCc1nn(C(CC)CC)c(N)c1C#N. The van der Waals surface area contributed by atoms with Gasteiger partial charge < -0.3 is 5.73 Å². The average Bonchev–Trinajstić information content (AvgIpc) is 2.57. The summed E-state index contributed by atoms with van der Waals surface area (Å²) in [7, 11) is 0. The molecule has 0 aliphatic heterocycles. The van der Waals surface area contributed by atoms with E-state index >= 15 is 0 Å². The third kappa shape index (κ3) is 1.96. The molecule has 0 saturated heterocycles. The first kappa shape index (κ1) is 11.6. The van der Waals surface area contributed by atoms with Crippen LogP contribution < -0.4 is 5.73 Å². The van der Waals surface area contributed by atoms with Gasteiger partial charge in [-0.3, -0.25) is 0 Å². The summed E-state index contributed by atoms with van der Waals surface area (Å²) in [5.41, 5.74) is 7.27. The molecule has 82 valence electrons. The molecule has 1 rings (SSSR count). The fraction of sp³-hybridized carbons (Fsp3) is 0.636. The molecular weight excluding hydrogens is 188 g/mol. The van der Waals surface area contributed by atoms with Gasteiger partial charge in [0, 0.05) is 0 Å². The van der Waals surface area contributed by atoms with E-state index in [0.717, 1.165) is 25.0 Å². The normalized spacial score (nSPS) is 10.6. The van der Waals surface area contributed by atoms with Crippen molar-refractivity contribution in [3.8, 4) is 6.07 Å². The molecule has 0 saturated carbocycles. The first-order valence-corrected chi connectivity index (χ1v) is 5.46. The van der Waals surface area contributed by atoms with Crippen LogP contribution in [0.1, 0.15) is 50.9 Å². The van der Waals surface area contributed by atoms with Crippen LogP contribution in [0.5, 0.6) is 0 Å². The van der Waals surface area contributed by atoms with Crippen molar-refractivity contribution in [3.63, 3.8) is 0 Å². The highest BCUT2D eigenvalue weighted by atomic mass is 15.3. The second-order valence-electron chi connectivity index (χ2n) is 3.59. The van der Waals surface area contributed by atoms with E-state index in [1.165, 1.54) is 0 Å². The van der Waals surface area contributed by atoms with Gasteiger partial charge in [-0.05, 0) is 19.3 Å². The van der Waals surface area contributed by atoms with Crippen molar-refractivity contribution in [1.82, 2.24) is 9.78 Å². The maximum atomic E-state index is 8.99. The van der Waals surface area contributed by atoms with Crippen molar-refractivity contribution < 1.29 is 0 Å². The predicted molar refractivity (Wildman–Crippen MR) is 60.4 cm³/mol. The molecule has 0 spiro atoms. The zero-order chi connectivity index (χ0) is 11.4. The molecule has 0 amide bonds. The molecule has 1 heterocycles. The van der Waals surface area contributed by atoms with E-state index in [0.29, 0.717) is 17.4 Å². The Morgan fingerprint density at radius 2 is 2.00 bits per heavy atom. The number of nitriles is 1. The number of nitrogen functional groups attached to an aromatic ring is 1. The second kappa shape index (κ2) is 4.83.